The Labute approximate surface area is 236 Å². The molecule has 2 aliphatic rings. The number of rotatable bonds is 7. The first-order chi connectivity index (χ1) is 20.1. The maximum Gasteiger partial charge on any atom is 0.387 e. The third-order valence-electron chi connectivity index (χ3n) is 6.94. The van der Waals surface area contributed by atoms with Crippen LogP contribution >= 0.6 is 0 Å². The summed E-state index contributed by atoms with van der Waals surface area (Å²) >= 11 is 0. The first-order valence-electron chi connectivity index (χ1n) is 12.9. The molecule has 1 aliphatic carbocycles. The topological polar surface area (TPSA) is 120 Å². The third-order valence-corrected chi connectivity index (χ3v) is 8.73. The van der Waals surface area contributed by atoms with E-state index in [0.717, 1.165) is 25.0 Å². The van der Waals surface area contributed by atoms with Crippen LogP contribution in [-0.2, 0) is 27.7 Å². The number of carbonyl (C=O) groups is 1. The van der Waals surface area contributed by atoms with Crippen molar-refractivity contribution < 1.29 is 40.2 Å². The lowest BCUT2D eigenvalue weighted by molar-refractivity contribution is -0.0507. The highest BCUT2D eigenvalue weighted by molar-refractivity contribution is 7.92. The Bertz CT molecular complexity index is 1820. The Kier molecular flexibility index (Phi) is 7.27. The largest absolute Gasteiger partial charge is 0.433 e. The summed E-state index contributed by atoms with van der Waals surface area (Å²) < 4.78 is 89.0. The van der Waals surface area contributed by atoms with Gasteiger partial charge in [-0.1, -0.05) is 0 Å². The molecular formula is C28H22F4N4O5S. The van der Waals surface area contributed by atoms with E-state index in [1.54, 1.807) is 30.5 Å². The van der Waals surface area contributed by atoms with E-state index in [0.29, 0.717) is 33.7 Å². The van der Waals surface area contributed by atoms with Crippen molar-refractivity contribution >= 4 is 26.6 Å². The van der Waals surface area contributed by atoms with Crippen LogP contribution in [-0.4, -0.2) is 48.0 Å². The van der Waals surface area contributed by atoms with Gasteiger partial charge in [0.05, 0.1) is 52.9 Å². The van der Waals surface area contributed by atoms with Crippen molar-refractivity contribution in [3.63, 3.8) is 0 Å². The normalized spacial score (nSPS) is 18.0. The summed E-state index contributed by atoms with van der Waals surface area (Å²) in [5, 5.41) is 3.25. The number of carbonyl (C=O) groups excluding carboxylic acids is 1. The lowest BCUT2D eigenvalue weighted by Gasteiger charge is -2.12. The van der Waals surface area contributed by atoms with Crippen LogP contribution in [0, 0.1) is 5.82 Å². The minimum Gasteiger partial charge on any atom is -0.433 e. The SMILES string of the molecule is O=C(NCc1cc2nc(-c3ccc(OC(F)F)c(C4CC4)n3)ccc2cn1)c1cc(F)c2c(c1)S(=O)(=O)[C@@H](F)COC2. The molecule has 6 rings (SSSR count). The maximum atomic E-state index is 14.7. The van der Waals surface area contributed by atoms with Crippen LogP contribution < -0.4 is 10.1 Å². The molecule has 218 valence electrons. The van der Waals surface area contributed by atoms with Gasteiger partial charge >= 0.3 is 6.61 Å². The van der Waals surface area contributed by atoms with Gasteiger partial charge < -0.3 is 14.8 Å². The molecule has 0 unspecified atom stereocenters. The average molecular weight is 603 g/mol. The summed E-state index contributed by atoms with van der Waals surface area (Å²) in [6, 6.07) is 9.94. The Hall–Kier alpha value is -4.17. The van der Waals surface area contributed by atoms with E-state index in [1.807, 2.05) is 0 Å². The van der Waals surface area contributed by atoms with Crippen molar-refractivity contribution in [2.75, 3.05) is 6.61 Å². The first-order valence-corrected chi connectivity index (χ1v) is 14.4. The minimum absolute atomic E-state index is 0.0454. The molecule has 1 fully saturated rings. The van der Waals surface area contributed by atoms with Gasteiger partial charge in [0.1, 0.15) is 11.6 Å². The predicted octanol–water partition coefficient (Wildman–Crippen LogP) is 4.84. The molecule has 42 heavy (non-hydrogen) atoms. The van der Waals surface area contributed by atoms with E-state index in [4.69, 9.17) is 4.74 Å². The summed E-state index contributed by atoms with van der Waals surface area (Å²) in [6.45, 7) is -4.24. The summed E-state index contributed by atoms with van der Waals surface area (Å²) in [4.78, 5) is 25.7. The molecule has 1 saturated carbocycles. The van der Waals surface area contributed by atoms with Gasteiger partial charge in [-0.2, -0.15) is 8.78 Å². The summed E-state index contributed by atoms with van der Waals surface area (Å²) in [7, 11) is -4.54. The number of halogens is 4. The summed E-state index contributed by atoms with van der Waals surface area (Å²) in [5.74, 6) is -1.69. The molecule has 3 aromatic heterocycles. The molecule has 0 radical (unpaired) electrons. The monoisotopic (exact) mass is 602 g/mol. The molecule has 0 bridgehead atoms. The van der Waals surface area contributed by atoms with Crippen molar-refractivity contribution in [2.24, 2.45) is 0 Å². The van der Waals surface area contributed by atoms with Gasteiger partial charge in [-0.3, -0.25) is 9.78 Å². The number of pyridine rings is 3. The number of hydrogen-bond acceptors (Lipinski definition) is 8. The molecule has 1 amide bonds. The molecule has 0 saturated heterocycles. The van der Waals surface area contributed by atoms with Crippen LogP contribution in [0.3, 0.4) is 0 Å². The van der Waals surface area contributed by atoms with Gasteiger partial charge in [-0.15, -0.1) is 0 Å². The van der Waals surface area contributed by atoms with E-state index >= 15 is 0 Å². The Morgan fingerprint density at radius 3 is 2.62 bits per heavy atom. The standard InChI is InChI=1S/C28H22F4N4O5S/c29-19-7-16(8-24-18(19)12-40-13-25(30)42(24,38)39)27(37)34-11-17-9-22-15(10-33-17)3-4-20(35-22)21-5-6-23(41-28(31)32)26(36-21)14-1-2-14/h3-10,14,25,28H,1-2,11-13H2,(H,34,37)/t25-/m1/s1. The number of nitrogens with one attached hydrogen (secondary N) is 1. The molecule has 14 heteroatoms. The smallest absolute Gasteiger partial charge is 0.387 e. The zero-order valence-corrected chi connectivity index (χ0v) is 22.5. The predicted molar refractivity (Wildman–Crippen MR) is 141 cm³/mol. The number of ether oxygens (including phenoxy) is 2. The second kappa shape index (κ2) is 10.9. The molecule has 4 heterocycles. The number of amides is 1. The fourth-order valence-corrected chi connectivity index (χ4v) is 5.98. The van der Waals surface area contributed by atoms with Gasteiger partial charge in [0.15, 0.2) is 0 Å². The van der Waals surface area contributed by atoms with Gasteiger partial charge in [0, 0.05) is 28.6 Å². The fraction of sp³-hybridized carbons (Fsp3) is 0.286. The number of aromatic nitrogens is 3. The highest BCUT2D eigenvalue weighted by Crippen LogP contribution is 2.44. The minimum atomic E-state index is -4.54. The zero-order chi connectivity index (χ0) is 29.6. The van der Waals surface area contributed by atoms with E-state index in [9.17, 15) is 30.8 Å². The van der Waals surface area contributed by atoms with Crippen LogP contribution in [0.1, 0.15) is 46.1 Å². The van der Waals surface area contributed by atoms with Crippen LogP contribution in [0.5, 0.6) is 5.75 Å². The zero-order valence-electron chi connectivity index (χ0n) is 21.7. The second-order valence-electron chi connectivity index (χ2n) is 9.89. The molecule has 0 spiro atoms. The molecule has 1 aliphatic heterocycles. The molecule has 4 aromatic rings. The van der Waals surface area contributed by atoms with Crippen LogP contribution in [0.2, 0.25) is 0 Å². The molecule has 1 aromatic carbocycles. The quantitative estimate of drug-likeness (QED) is 0.299. The fourth-order valence-electron chi connectivity index (χ4n) is 4.64. The first kappa shape index (κ1) is 28.0. The van der Waals surface area contributed by atoms with Crippen molar-refractivity contribution in [3.05, 3.63) is 77.0 Å². The number of nitrogens with zero attached hydrogens (tertiary/aromatic N) is 3. The number of benzene rings is 1. The molecular weight excluding hydrogens is 580 g/mol. The second-order valence-corrected chi connectivity index (χ2v) is 11.9. The summed E-state index contributed by atoms with van der Waals surface area (Å²) in [5.41, 5.74) is -0.668. The molecule has 9 nitrogen and oxygen atoms in total. The highest BCUT2D eigenvalue weighted by atomic mass is 32.2. The third kappa shape index (κ3) is 5.51. The highest BCUT2D eigenvalue weighted by Gasteiger charge is 2.35. The average Bonchev–Trinajstić information content (AvgIpc) is 3.82. The van der Waals surface area contributed by atoms with Gasteiger partial charge in [0.2, 0.25) is 15.3 Å². The Morgan fingerprint density at radius 2 is 1.86 bits per heavy atom. The summed E-state index contributed by atoms with van der Waals surface area (Å²) in [6.07, 6.45) is 3.22. The maximum absolute atomic E-state index is 14.7. The van der Waals surface area contributed by atoms with E-state index in [2.05, 4.69) is 25.0 Å². The molecule has 1 atom stereocenters. The van der Waals surface area contributed by atoms with Gasteiger partial charge in [0.25, 0.3) is 5.91 Å². The number of fused-ring (bicyclic) bond motifs is 2. The molecule has 1 N–H and O–H groups in total. The van der Waals surface area contributed by atoms with Crippen molar-refractivity contribution in [3.8, 4) is 17.1 Å². The van der Waals surface area contributed by atoms with Gasteiger partial charge in [-0.05, 0) is 55.3 Å². The number of hydrogen-bond donors (Lipinski definition) is 1. The van der Waals surface area contributed by atoms with Crippen LogP contribution in [0.15, 0.2) is 53.6 Å². The lowest BCUT2D eigenvalue weighted by Crippen LogP contribution is -2.25. The van der Waals surface area contributed by atoms with E-state index < -0.39 is 51.8 Å². The van der Waals surface area contributed by atoms with E-state index in [-0.39, 0.29) is 29.3 Å². The van der Waals surface area contributed by atoms with Crippen LogP contribution in [0.25, 0.3) is 22.3 Å². The lowest BCUT2D eigenvalue weighted by atomic mass is 10.1. The Morgan fingerprint density at radius 1 is 1.10 bits per heavy atom. The number of sulfone groups is 1. The van der Waals surface area contributed by atoms with E-state index in [1.165, 1.54) is 6.07 Å². The van der Waals surface area contributed by atoms with Crippen molar-refractivity contribution in [1.29, 1.82) is 0 Å². The van der Waals surface area contributed by atoms with Crippen LogP contribution in [0.4, 0.5) is 17.6 Å². The van der Waals surface area contributed by atoms with Gasteiger partial charge in [-0.25, -0.2) is 27.2 Å². The Balaban J connectivity index is 1.23. The van der Waals surface area contributed by atoms with Crippen molar-refractivity contribution in [2.45, 2.75) is 48.9 Å². The van der Waals surface area contributed by atoms with Crippen molar-refractivity contribution in [1.82, 2.24) is 20.3 Å². The number of alkyl halides is 3.